The second-order valence-corrected chi connectivity index (χ2v) is 6.46. The maximum Gasteiger partial charge on any atom is 0.271 e. The van der Waals surface area contributed by atoms with Gasteiger partial charge in [0.05, 0.1) is 4.90 Å². The zero-order valence-electron chi connectivity index (χ0n) is 11.3. The molecule has 2 aromatic rings. The van der Waals surface area contributed by atoms with Crippen LogP contribution in [0.5, 0.6) is 0 Å². The lowest BCUT2D eigenvalue weighted by Crippen LogP contribution is -2.15. The molecule has 0 atom stereocenters. The van der Waals surface area contributed by atoms with Crippen LogP contribution in [0.1, 0.15) is 5.56 Å². The number of sulfonamides is 1. The molecule has 22 heavy (non-hydrogen) atoms. The van der Waals surface area contributed by atoms with Crippen molar-refractivity contribution in [3.05, 3.63) is 40.2 Å². The number of thioether (sulfide) groups is 1. The van der Waals surface area contributed by atoms with E-state index in [9.17, 15) is 13.2 Å². The van der Waals surface area contributed by atoms with Crippen molar-refractivity contribution >= 4 is 33.4 Å². The van der Waals surface area contributed by atoms with Gasteiger partial charge in [0.1, 0.15) is 16.7 Å². The highest BCUT2D eigenvalue weighted by atomic mass is 32.2. The van der Waals surface area contributed by atoms with Crippen LogP contribution in [-0.4, -0.2) is 24.6 Å². The maximum absolute atomic E-state index is 11.8. The Balaban J connectivity index is 2.34. The highest BCUT2D eigenvalue weighted by Crippen LogP contribution is 2.19. The number of nitrogens with zero attached hydrogens (tertiary/aromatic N) is 2. The van der Waals surface area contributed by atoms with Gasteiger partial charge in [-0.05, 0) is 30.5 Å². The lowest BCUT2D eigenvalue weighted by Gasteiger charge is -2.07. The zero-order valence-corrected chi connectivity index (χ0v) is 13.0. The fourth-order valence-electron chi connectivity index (χ4n) is 1.62. The summed E-state index contributed by atoms with van der Waals surface area (Å²) in [4.78, 5) is 18.3. The predicted molar refractivity (Wildman–Crippen MR) is 82.5 cm³/mol. The summed E-state index contributed by atoms with van der Waals surface area (Å²) in [6, 6.07) is 7.42. The molecule has 114 valence electrons. The first-order chi connectivity index (χ1) is 10.3. The summed E-state index contributed by atoms with van der Waals surface area (Å²) < 4.78 is 22.3. The molecule has 0 aliphatic rings. The fraction of sp³-hybridized carbons (Fsp3) is 0.0833. The Morgan fingerprint density at radius 3 is 2.50 bits per heavy atom. The fourth-order valence-corrected chi connectivity index (χ4v) is 2.66. The van der Waals surface area contributed by atoms with Crippen molar-refractivity contribution < 1.29 is 8.42 Å². The minimum Gasteiger partial charge on any atom is -0.326 e. The van der Waals surface area contributed by atoms with Crippen LogP contribution in [0, 0.1) is 11.3 Å². The Bertz CT molecular complexity index is 898. The van der Waals surface area contributed by atoms with Crippen molar-refractivity contribution in [1.82, 2.24) is 9.97 Å². The number of benzene rings is 1. The number of anilines is 2. The number of nitrogens with one attached hydrogen (secondary N) is 2. The van der Waals surface area contributed by atoms with E-state index in [1.807, 2.05) is 0 Å². The van der Waals surface area contributed by atoms with E-state index in [0.717, 1.165) is 0 Å². The molecular weight excluding hydrogens is 326 g/mol. The van der Waals surface area contributed by atoms with Crippen molar-refractivity contribution in [2.45, 2.75) is 9.92 Å². The smallest absolute Gasteiger partial charge is 0.271 e. The third-order valence-electron chi connectivity index (χ3n) is 2.64. The minimum atomic E-state index is -3.76. The number of aromatic amines is 1. The van der Waals surface area contributed by atoms with Crippen LogP contribution in [0.4, 0.5) is 11.6 Å². The molecule has 0 bridgehead atoms. The van der Waals surface area contributed by atoms with Gasteiger partial charge in [0.15, 0.2) is 0 Å². The average Bonchev–Trinajstić information content (AvgIpc) is 2.46. The van der Waals surface area contributed by atoms with Crippen molar-refractivity contribution in [2.24, 2.45) is 5.14 Å². The summed E-state index contributed by atoms with van der Waals surface area (Å²) in [7, 11) is -3.76. The van der Waals surface area contributed by atoms with Gasteiger partial charge in [-0.2, -0.15) is 5.26 Å². The summed E-state index contributed by atoms with van der Waals surface area (Å²) in [5.41, 5.74) is -0.0968. The highest BCUT2D eigenvalue weighted by Gasteiger charge is 2.11. The average molecular weight is 337 g/mol. The second kappa shape index (κ2) is 6.18. The van der Waals surface area contributed by atoms with Crippen LogP contribution < -0.4 is 16.0 Å². The SMILES string of the molecule is CSc1nc(Nc2ccc(S(N)(=O)=O)cc2)[nH]c(=O)c1C#N. The predicted octanol–water partition coefficient (Wildman–Crippen LogP) is 0.754. The van der Waals surface area contributed by atoms with Gasteiger partial charge in [-0.3, -0.25) is 9.78 Å². The second-order valence-electron chi connectivity index (χ2n) is 4.11. The van der Waals surface area contributed by atoms with Gasteiger partial charge < -0.3 is 5.32 Å². The number of nitriles is 1. The van der Waals surface area contributed by atoms with Gasteiger partial charge in [-0.25, -0.2) is 18.5 Å². The van der Waals surface area contributed by atoms with Crippen molar-refractivity contribution in [1.29, 1.82) is 5.26 Å². The topological polar surface area (TPSA) is 142 Å². The van der Waals surface area contributed by atoms with E-state index in [0.29, 0.717) is 10.7 Å². The Kier molecular flexibility index (Phi) is 4.51. The Morgan fingerprint density at radius 2 is 2.00 bits per heavy atom. The molecule has 0 saturated carbocycles. The molecule has 4 N–H and O–H groups in total. The van der Waals surface area contributed by atoms with Crippen molar-refractivity contribution in [3.63, 3.8) is 0 Å². The standard InChI is InChI=1S/C12H11N5O3S2/c1-21-11-9(6-13)10(18)16-12(17-11)15-7-2-4-8(5-3-7)22(14,19)20/h2-5H,1H3,(H2,14,19,20)(H2,15,16,17,18). The molecule has 0 spiro atoms. The van der Waals surface area contributed by atoms with E-state index in [2.05, 4.69) is 15.3 Å². The van der Waals surface area contributed by atoms with Crippen LogP contribution in [0.25, 0.3) is 0 Å². The van der Waals surface area contributed by atoms with Gasteiger partial charge in [0, 0.05) is 5.69 Å². The first-order valence-electron chi connectivity index (χ1n) is 5.83. The molecule has 0 unspecified atom stereocenters. The first-order valence-corrected chi connectivity index (χ1v) is 8.60. The van der Waals surface area contributed by atoms with E-state index in [4.69, 9.17) is 10.4 Å². The molecule has 0 amide bonds. The molecule has 8 nitrogen and oxygen atoms in total. The summed E-state index contributed by atoms with van der Waals surface area (Å²) in [6.45, 7) is 0. The number of nitrogens with two attached hydrogens (primary N) is 1. The summed E-state index contributed by atoms with van der Waals surface area (Å²) in [5, 5.41) is 17.0. The van der Waals surface area contributed by atoms with Crippen LogP contribution in [0.2, 0.25) is 0 Å². The van der Waals surface area contributed by atoms with Gasteiger partial charge in [0.25, 0.3) is 5.56 Å². The van der Waals surface area contributed by atoms with Crippen molar-refractivity contribution in [2.75, 3.05) is 11.6 Å². The van der Waals surface area contributed by atoms with E-state index < -0.39 is 15.6 Å². The van der Waals surface area contributed by atoms with Crippen LogP contribution in [-0.2, 0) is 10.0 Å². The maximum atomic E-state index is 11.8. The monoisotopic (exact) mass is 337 g/mol. The summed E-state index contributed by atoms with van der Waals surface area (Å²) >= 11 is 1.18. The highest BCUT2D eigenvalue weighted by molar-refractivity contribution is 7.98. The number of primary sulfonamides is 1. The van der Waals surface area contributed by atoms with Crippen LogP contribution in [0.3, 0.4) is 0 Å². The molecule has 10 heteroatoms. The molecule has 0 aliphatic heterocycles. The lowest BCUT2D eigenvalue weighted by atomic mass is 10.3. The molecule has 1 heterocycles. The Morgan fingerprint density at radius 1 is 1.36 bits per heavy atom. The molecule has 0 saturated heterocycles. The quantitative estimate of drug-likeness (QED) is 0.552. The molecule has 0 aliphatic carbocycles. The normalized spacial score (nSPS) is 11.0. The number of rotatable bonds is 4. The van der Waals surface area contributed by atoms with Gasteiger partial charge in [-0.15, -0.1) is 11.8 Å². The van der Waals surface area contributed by atoms with E-state index in [1.165, 1.54) is 36.0 Å². The van der Waals surface area contributed by atoms with Gasteiger partial charge in [-0.1, -0.05) is 0 Å². The summed E-state index contributed by atoms with van der Waals surface area (Å²) in [5.74, 6) is 0.150. The number of hydrogen-bond donors (Lipinski definition) is 3. The molecule has 0 fully saturated rings. The third kappa shape index (κ3) is 3.45. The van der Waals surface area contributed by atoms with Crippen LogP contribution in [0.15, 0.2) is 39.0 Å². The van der Waals surface area contributed by atoms with E-state index in [-0.39, 0.29) is 16.4 Å². The van der Waals surface area contributed by atoms with Crippen molar-refractivity contribution in [3.8, 4) is 6.07 Å². The number of aromatic nitrogens is 2. The van der Waals surface area contributed by atoms with E-state index >= 15 is 0 Å². The Hall–Kier alpha value is -2.35. The molecule has 0 radical (unpaired) electrons. The number of hydrogen-bond acceptors (Lipinski definition) is 7. The molecule has 1 aromatic heterocycles. The third-order valence-corrected chi connectivity index (χ3v) is 4.25. The zero-order chi connectivity index (χ0) is 16.3. The number of H-pyrrole nitrogens is 1. The first kappa shape index (κ1) is 16.0. The largest absolute Gasteiger partial charge is 0.326 e. The lowest BCUT2D eigenvalue weighted by molar-refractivity contribution is 0.598. The molecule has 1 aromatic carbocycles. The van der Waals surface area contributed by atoms with Gasteiger partial charge >= 0.3 is 0 Å². The molecule has 2 rings (SSSR count). The van der Waals surface area contributed by atoms with Crippen LogP contribution >= 0.6 is 11.8 Å². The molecular formula is C12H11N5O3S2. The van der Waals surface area contributed by atoms with Gasteiger partial charge in [0.2, 0.25) is 16.0 Å². The Labute approximate surface area is 130 Å². The summed E-state index contributed by atoms with van der Waals surface area (Å²) in [6.07, 6.45) is 1.70. The van der Waals surface area contributed by atoms with E-state index in [1.54, 1.807) is 12.3 Å². The minimum absolute atomic E-state index is 0.0240.